The van der Waals surface area contributed by atoms with Gasteiger partial charge in [0.25, 0.3) is 0 Å². The van der Waals surface area contributed by atoms with Gasteiger partial charge >= 0.3 is 0 Å². The van der Waals surface area contributed by atoms with Crippen molar-refractivity contribution in [1.82, 2.24) is 4.72 Å². The molecule has 0 aliphatic rings. The van der Waals surface area contributed by atoms with E-state index in [1.165, 1.54) is 25.3 Å². The summed E-state index contributed by atoms with van der Waals surface area (Å²) in [5.41, 5.74) is 0.824. The Bertz CT molecular complexity index is 745. The molecule has 0 amide bonds. The van der Waals surface area contributed by atoms with E-state index >= 15 is 0 Å². The third kappa shape index (κ3) is 3.91. The van der Waals surface area contributed by atoms with Gasteiger partial charge in [0.1, 0.15) is 11.5 Å². The highest BCUT2D eigenvalue weighted by atomic mass is 35.5. The fraction of sp³-hybridized carbons (Fsp3) is 0.200. The van der Waals surface area contributed by atoms with Crippen LogP contribution >= 0.6 is 11.6 Å². The van der Waals surface area contributed by atoms with E-state index in [1.807, 2.05) is 0 Å². The lowest BCUT2D eigenvalue weighted by molar-refractivity contribution is 0.413. The Labute approximate surface area is 134 Å². The van der Waals surface area contributed by atoms with Crippen molar-refractivity contribution in [3.63, 3.8) is 0 Å². The number of sulfonamides is 1. The van der Waals surface area contributed by atoms with Crippen molar-refractivity contribution in [2.45, 2.75) is 11.4 Å². The molecule has 2 aromatic rings. The van der Waals surface area contributed by atoms with Crippen molar-refractivity contribution < 1.29 is 17.9 Å². The van der Waals surface area contributed by atoms with Gasteiger partial charge in [0, 0.05) is 12.6 Å². The average molecular weight is 342 g/mol. The molecule has 0 heterocycles. The summed E-state index contributed by atoms with van der Waals surface area (Å²) in [5.74, 6) is 1.03. The summed E-state index contributed by atoms with van der Waals surface area (Å²) in [4.78, 5) is 0.0993. The molecule has 0 bridgehead atoms. The zero-order chi connectivity index (χ0) is 16.2. The van der Waals surface area contributed by atoms with Gasteiger partial charge in [-0.1, -0.05) is 23.7 Å². The van der Waals surface area contributed by atoms with E-state index in [0.717, 1.165) is 5.56 Å². The number of nitrogens with one attached hydrogen (secondary N) is 1. The molecule has 0 saturated heterocycles. The summed E-state index contributed by atoms with van der Waals surface area (Å²) < 4.78 is 37.2. The quantitative estimate of drug-likeness (QED) is 0.877. The van der Waals surface area contributed by atoms with Gasteiger partial charge in [0.2, 0.25) is 10.0 Å². The number of hydrogen-bond acceptors (Lipinski definition) is 4. The van der Waals surface area contributed by atoms with Crippen LogP contribution in [0.25, 0.3) is 0 Å². The molecule has 0 unspecified atom stereocenters. The predicted octanol–water partition coefficient (Wildman–Crippen LogP) is 2.84. The van der Waals surface area contributed by atoms with Crippen molar-refractivity contribution >= 4 is 21.6 Å². The zero-order valence-corrected chi connectivity index (χ0v) is 13.7. The lowest BCUT2D eigenvalue weighted by atomic mass is 10.2. The summed E-state index contributed by atoms with van der Waals surface area (Å²) in [6.45, 7) is 0.178. The average Bonchev–Trinajstić information content (AvgIpc) is 2.53. The SMILES string of the molecule is COc1ccc(CNS(=O)(=O)c2ccc(Cl)c(OC)c2)cc1. The molecular formula is C15H16ClNO4S. The molecule has 0 radical (unpaired) electrons. The van der Waals surface area contributed by atoms with Crippen LogP contribution in [0.15, 0.2) is 47.4 Å². The summed E-state index contributed by atoms with van der Waals surface area (Å²) in [6.07, 6.45) is 0. The van der Waals surface area contributed by atoms with Crippen molar-refractivity contribution in [1.29, 1.82) is 0 Å². The first-order chi connectivity index (χ1) is 10.5. The molecule has 0 aliphatic heterocycles. The number of hydrogen-bond donors (Lipinski definition) is 1. The molecule has 5 nitrogen and oxygen atoms in total. The van der Waals surface area contributed by atoms with Crippen LogP contribution in [-0.2, 0) is 16.6 Å². The molecule has 0 spiro atoms. The highest BCUT2D eigenvalue weighted by molar-refractivity contribution is 7.89. The fourth-order valence-corrected chi connectivity index (χ4v) is 3.04. The van der Waals surface area contributed by atoms with E-state index in [1.54, 1.807) is 31.4 Å². The second kappa shape index (κ2) is 7.00. The first-order valence-electron chi connectivity index (χ1n) is 6.42. The van der Waals surface area contributed by atoms with E-state index in [9.17, 15) is 8.42 Å². The Hall–Kier alpha value is -1.76. The van der Waals surface area contributed by atoms with Crippen LogP contribution in [0.5, 0.6) is 11.5 Å². The maximum atomic E-state index is 12.3. The van der Waals surface area contributed by atoms with Gasteiger partial charge < -0.3 is 9.47 Å². The molecule has 1 N–H and O–H groups in total. The molecule has 118 valence electrons. The van der Waals surface area contributed by atoms with E-state index in [0.29, 0.717) is 16.5 Å². The van der Waals surface area contributed by atoms with Crippen LogP contribution < -0.4 is 14.2 Å². The van der Waals surface area contributed by atoms with Gasteiger partial charge in [-0.2, -0.15) is 0 Å². The molecule has 7 heteroatoms. The standard InChI is InChI=1S/C15H16ClNO4S/c1-20-12-5-3-11(4-6-12)10-17-22(18,19)13-7-8-14(16)15(9-13)21-2/h3-9,17H,10H2,1-2H3. The van der Waals surface area contributed by atoms with Crippen LogP contribution in [-0.4, -0.2) is 22.6 Å². The Morgan fingerprint density at radius 2 is 1.73 bits per heavy atom. The topological polar surface area (TPSA) is 64.6 Å². The molecule has 2 rings (SSSR count). The highest BCUT2D eigenvalue weighted by Crippen LogP contribution is 2.27. The maximum absolute atomic E-state index is 12.3. The first-order valence-corrected chi connectivity index (χ1v) is 8.28. The van der Waals surface area contributed by atoms with Gasteiger partial charge in [-0.25, -0.2) is 13.1 Å². The third-order valence-electron chi connectivity index (χ3n) is 3.06. The molecule has 0 aromatic heterocycles. The van der Waals surface area contributed by atoms with E-state index in [-0.39, 0.29) is 11.4 Å². The van der Waals surface area contributed by atoms with Crippen LogP contribution in [0, 0.1) is 0 Å². The summed E-state index contributed by atoms with van der Waals surface area (Å²) in [5, 5.41) is 0.358. The molecular weight excluding hydrogens is 326 g/mol. The van der Waals surface area contributed by atoms with Gasteiger partial charge in [-0.15, -0.1) is 0 Å². The zero-order valence-electron chi connectivity index (χ0n) is 12.2. The first kappa shape index (κ1) is 16.6. The van der Waals surface area contributed by atoms with Crippen LogP contribution in [0.2, 0.25) is 5.02 Å². The lowest BCUT2D eigenvalue weighted by Crippen LogP contribution is -2.23. The molecule has 0 atom stereocenters. The van der Waals surface area contributed by atoms with Gasteiger partial charge in [0.05, 0.1) is 24.1 Å². The minimum Gasteiger partial charge on any atom is -0.497 e. The number of ether oxygens (including phenoxy) is 2. The van der Waals surface area contributed by atoms with Gasteiger partial charge in [-0.05, 0) is 29.8 Å². The Morgan fingerprint density at radius 3 is 2.32 bits per heavy atom. The molecule has 22 heavy (non-hydrogen) atoms. The summed E-state index contributed by atoms with van der Waals surface area (Å²) in [7, 11) is -0.635. The maximum Gasteiger partial charge on any atom is 0.241 e. The highest BCUT2D eigenvalue weighted by Gasteiger charge is 2.16. The molecule has 0 aliphatic carbocycles. The number of halogens is 1. The van der Waals surface area contributed by atoms with Crippen molar-refractivity contribution in [3.8, 4) is 11.5 Å². The normalized spacial score (nSPS) is 11.2. The van der Waals surface area contributed by atoms with E-state index in [2.05, 4.69) is 4.72 Å². The van der Waals surface area contributed by atoms with E-state index < -0.39 is 10.0 Å². The lowest BCUT2D eigenvalue weighted by Gasteiger charge is -2.09. The van der Waals surface area contributed by atoms with Crippen LogP contribution in [0.3, 0.4) is 0 Å². The number of methoxy groups -OCH3 is 2. The van der Waals surface area contributed by atoms with Crippen LogP contribution in [0.4, 0.5) is 0 Å². The molecule has 0 fully saturated rings. The minimum absolute atomic E-state index is 0.0993. The van der Waals surface area contributed by atoms with E-state index in [4.69, 9.17) is 21.1 Å². The second-order valence-corrected chi connectivity index (χ2v) is 6.64. The summed E-state index contributed by atoms with van der Waals surface area (Å²) >= 11 is 5.90. The third-order valence-corrected chi connectivity index (χ3v) is 4.77. The van der Waals surface area contributed by atoms with Crippen molar-refractivity contribution in [2.75, 3.05) is 14.2 Å². The number of rotatable bonds is 6. The summed E-state index contributed by atoms with van der Waals surface area (Å²) in [6, 6.07) is 11.4. The second-order valence-electron chi connectivity index (χ2n) is 4.47. The molecule has 2 aromatic carbocycles. The monoisotopic (exact) mass is 341 g/mol. The number of benzene rings is 2. The van der Waals surface area contributed by atoms with Gasteiger partial charge in [-0.3, -0.25) is 0 Å². The smallest absolute Gasteiger partial charge is 0.241 e. The largest absolute Gasteiger partial charge is 0.497 e. The predicted molar refractivity (Wildman–Crippen MR) is 85.0 cm³/mol. The Balaban J connectivity index is 2.13. The Kier molecular flexibility index (Phi) is 5.28. The van der Waals surface area contributed by atoms with Gasteiger partial charge in [0.15, 0.2) is 0 Å². The van der Waals surface area contributed by atoms with Crippen LogP contribution in [0.1, 0.15) is 5.56 Å². The van der Waals surface area contributed by atoms with Crippen molar-refractivity contribution in [3.05, 3.63) is 53.1 Å². The van der Waals surface area contributed by atoms with Crippen molar-refractivity contribution in [2.24, 2.45) is 0 Å². The fourth-order valence-electron chi connectivity index (χ4n) is 1.81. The minimum atomic E-state index is -3.64. The molecule has 0 saturated carbocycles. The Morgan fingerprint density at radius 1 is 1.05 bits per heavy atom.